The highest BCUT2D eigenvalue weighted by Gasteiger charge is 2.34. The van der Waals surface area contributed by atoms with E-state index in [-0.39, 0.29) is 23.9 Å². The number of rotatable bonds is 1. The molecule has 2 heterocycles. The molecule has 0 aliphatic carbocycles. The Morgan fingerprint density at radius 3 is 2.83 bits per heavy atom. The van der Waals surface area contributed by atoms with Crippen molar-refractivity contribution in [1.82, 2.24) is 9.88 Å². The highest BCUT2D eigenvalue weighted by molar-refractivity contribution is 5.72. The minimum atomic E-state index is -0.529. The van der Waals surface area contributed by atoms with Crippen LogP contribution in [0.1, 0.15) is 52.3 Å². The summed E-state index contributed by atoms with van der Waals surface area (Å²) in [5.41, 5.74) is 0.542. The Bertz CT molecular complexity index is 750. The lowest BCUT2D eigenvalue weighted by molar-refractivity contribution is 0.00876. The topological polar surface area (TPSA) is 55.6 Å². The quantitative estimate of drug-likeness (QED) is 0.772. The number of oxazole rings is 1. The molecular weight excluding hydrogens is 311 g/mol. The summed E-state index contributed by atoms with van der Waals surface area (Å²) in [7, 11) is 0. The fraction of sp³-hybridized carbons (Fsp3) is 0.556. The molecule has 3 rings (SSSR count). The van der Waals surface area contributed by atoms with E-state index < -0.39 is 5.60 Å². The number of ether oxygens (including phenoxy) is 1. The SMILES string of the molecule is C[C@@H]1CC[C@@H](c2nc3cc(F)ccc3o2)CN1C(=O)OC(C)(C)C. The highest BCUT2D eigenvalue weighted by atomic mass is 19.1. The zero-order valence-corrected chi connectivity index (χ0v) is 14.5. The van der Waals surface area contributed by atoms with Crippen molar-refractivity contribution in [3.63, 3.8) is 0 Å². The molecular formula is C18H23FN2O3. The number of halogens is 1. The second-order valence-electron chi connectivity index (χ2n) is 7.42. The van der Waals surface area contributed by atoms with Gasteiger partial charge in [0.05, 0.1) is 5.92 Å². The molecule has 5 nitrogen and oxygen atoms in total. The molecule has 24 heavy (non-hydrogen) atoms. The number of carbonyl (C=O) groups excluding carboxylic acids is 1. The van der Waals surface area contributed by atoms with Crippen LogP contribution < -0.4 is 0 Å². The van der Waals surface area contributed by atoms with E-state index in [1.165, 1.54) is 12.1 Å². The summed E-state index contributed by atoms with van der Waals surface area (Å²) in [6.45, 7) is 8.07. The normalized spacial score (nSPS) is 22.0. The first kappa shape index (κ1) is 16.7. The molecule has 2 aromatic rings. The summed E-state index contributed by atoms with van der Waals surface area (Å²) < 4.78 is 24.6. The van der Waals surface area contributed by atoms with Crippen molar-refractivity contribution >= 4 is 17.2 Å². The van der Waals surface area contributed by atoms with Crippen LogP contribution in [0.25, 0.3) is 11.1 Å². The minimum absolute atomic E-state index is 0.0100. The number of hydrogen-bond donors (Lipinski definition) is 0. The number of hydrogen-bond acceptors (Lipinski definition) is 4. The van der Waals surface area contributed by atoms with Crippen LogP contribution in [0.4, 0.5) is 9.18 Å². The van der Waals surface area contributed by atoms with Crippen LogP contribution in [0.5, 0.6) is 0 Å². The van der Waals surface area contributed by atoms with Gasteiger partial charge in [-0.1, -0.05) is 0 Å². The lowest BCUT2D eigenvalue weighted by Gasteiger charge is -2.37. The van der Waals surface area contributed by atoms with Crippen molar-refractivity contribution in [2.24, 2.45) is 0 Å². The van der Waals surface area contributed by atoms with Gasteiger partial charge in [0.15, 0.2) is 11.5 Å². The van der Waals surface area contributed by atoms with Gasteiger partial charge in [0.25, 0.3) is 0 Å². The van der Waals surface area contributed by atoms with Gasteiger partial charge in [0, 0.05) is 18.7 Å². The zero-order valence-electron chi connectivity index (χ0n) is 14.5. The molecule has 1 amide bonds. The molecule has 6 heteroatoms. The van der Waals surface area contributed by atoms with Crippen molar-refractivity contribution in [3.05, 3.63) is 29.9 Å². The predicted octanol–water partition coefficient (Wildman–Crippen LogP) is 4.47. The van der Waals surface area contributed by atoms with E-state index in [1.54, 1.807) is 11.0 Å². The second-order valence-corrected chi connectivity index (χ2v) is 7.42. The minimum Gasteiger partial charge on any atom is -0.444 e. The van der Waals surface area contributed by atoms with E-state index in [9.17, 15) is 9.18 Å². The largest absolute Gasteiger partial charge is 0.444 e. The predicted molar refractivity (Wildman–Crippen MR) is 88.3 cm³/mol. The van der Waals surface area contributed by atoms with Gasteiger partial charge in [0.1, 0.15) is 16.9 Å². The summed E-state index contributed by atoms with van der Waals surface area (Å²) in [6.07, 6.45) is 1.40. The monoisotopic (exact) mass is 334 g/mol. The Hall–Kier alpha value is -2.11. The second kappa shape index (κ2) is 6.07. The molecule has 0 unspecified atom stereocenters. The lowest BCUT2D eigenvalue weighted by atomic mass is 9.94. The number of nitrogens with zero attached hydrogens (tertiary/aromatic N) is 2. The fourth-order valence-corrected chi connectivity index (χ4v) is 2.98. The molecule has 0 saturated carbocycles. The Kier molecular flexibility index (Phi) is 4.24. The van der Waals surface area contributed by atoms with E-state index in [0.717, 1.165) is 12.8 Å². The number of aromatic nitrogens is 1. The molecule has 1 aliphatic rings. The lowest BCUT2D eigenvalue weighted by Crippen LogP contribution is -2.47. The Balaban J connectivity index is 1.80. The van der Waals surface area contributed by atoms with Crippen LogP contribution in [0.15, 0.2) is 22.6 Å². The van der Waals surface area contributed by atoms with Crippen LogP contribution in [0, 0.1) is 5.82 Å². The van der Waals surface area contributed by atoms with Crippen molar-refractivity contribution < 1.29 is 18.3 Å². The first-order valence-corrected chi connectivity index (χ1v) is 8.28. The molecule has 2 atom stereocenters. The number of piperidine rings is 1. The molecule has 130 valence electrons. The van der Waals surface area contributed by atoms with E-state index >= 15 is 0 Å². The number of benzene rings is 1. The molecule has 0 bridgehead atoms. The smallest absolute Gasteiger partial charge is 0.410 e. The van der Waals surface area contributed by atoms with Crippen molar-refractivity contribution in [2.75, 3.05) is 6.54 Å². The van der Waals surface area contributed by atoms with E-state index in [2.05, 4.69) is 4.98 Å². The first-order valence-electron chi connectivity index (χ1n) is 8.28. The number of amides is 1. The van der Waals surface area contributed by atoms with E-state index in [0.29, 0.717) is 23.5 Å². The first-order chi connectivity index (χ1) is 11.2. The van der Waals surface area contributed by atoms with Crippen molar-refractivity contribution in [1.29, 1.82) is 0 Å². The van der Waals surface area contributed by atoms with Gasteiger partial charge >= 0.3 is 6.09 Å². The molecule has 1 aromatic carbocycles. The van der Waals surface area contributed by atoms with Crippen LogP contribution >= 0.6 is 0 Å². The molecule has 1 fully saturated rings. The van der Waals surface area contributed by atoms with Crippen LogP contribution in [0.2, 0.25) is 0 Å². The summed E-state index contributed by atoms with van der Waals surface area (Å²) >= 11 is 0. The number of carbonyl (C=O) groups is 1. The van der Waals surface area contributed by atoms with Gasteiger partial charge in [-0.25, -0.2) is 14.2 Å². The van der Waals surface area contributed by atoms with Crippen molar-refractivity contribution in [3.8, 4) is 0 Å². The molecule has 1 aromatic heterocycles. The molecule has 0 radical (unpaired) electrons. The third-order valence-electron chi connectivity index (χ3n) is 4.23. The summed E-state index contributed by atoms with van der Waals surface area (Å²) in [5, 5.41) is 0. The third-order valence-corrected chi connectivity index (χ3v) is 4.23. The van der Waals surface area contributed by atoms with Gasteiger partial charge in [-0.05, 0) is 52.7 Å². The van der Waals surface area contributed by atoms with Crippen LogP contribution in [-0.2, 0) is 4.74 Å². The van der Waals surface area contributed by atoms with Gasteiger partial charge in [-0.15, -0.1) is 0 Å². The van der Waals surface area contributed by atoms with Crippen LogP contribution in [0.3, 0.4) is 0 Å². The van der Waals surface area contributed by atoms with Gasteiger partial charge in [-0.2, -0.15) is 0 Å². The molecule has 0 spiro atoms. The van der Waals surface area contributed by atoms with Crippen LogP contribution in [-0.4, -0.2) is 34.2 Å². The van der Waals surface area contributed by atoms with E-state index in [1.807, 2.05) is 27.7 Å². The average molecular weight is 334 g/mol. The fourth-order valence-electron chi connectivity index (χ4n) is 2.98. The molecule has 1 aliphatic heterocycles. The van der Waals surface area contributed by atoms with E-state index in [4.69, 9.17) is 9.15 Å². The molecule has 0 N–H and O–H groups in total. The molecule has 1 saturated heterocycles. The standard InChI is InChI=1S/C18H23FN2O3/c1-11-5-6-12(10-21(11)17(22)24-18(2,3)4)16-20-14-9-13(19)7-8-15(14)23-16/h7-9,11-12H,5-6,10H2,1-4H3/t11-,12-/m1/s1. The highest BCUT2D eigenvalue weighted by Crippen LogP contribution is 2.32. The Morgan fingerprint density at radius 1 is 1.38 bits per heavy atom. The van der Waals surface area contributed by atoms with Gasteiger partial charge in [-0.3, -0.25) is 0 Å². The summed E-state index contributed by atoms with van der Waals surface area (Å²) in [4.78, 5) is 18.6. The van der Waals surface area contributed by atoms with Gasteiger partial charge < -0.3 is 14.1 Å². The zero-order chi connectivity index (χ0) is 17.5. The number of likely N-dealkylation sites (tertiary alicyclic amines) is 1. The maximum Gasteiger partial charge on any atom is 0.410 e. The Morgan fingerprint density at radius 2 is 2.12 bits per heavy atom. The summed E-state index contributed by atoms with van der Waals surface area (Å²) in [5.74, 6) is 0.204. The number of fused-ring (bicyclic) bond motifs is 1. The average Bonchev–Trinajstić information content (AvgIpc) is 2.88. The summed E-state index contributed by atoms with van der Waals surface area (Å²) in [6, 6.07) is 4.41. The third kappa shape index (κ3) is 3.52. The maximum absolute atomic E-state index is 13.3. The maximum atomic E-state index is 13.3. The van der Waals surface area contributed by atoms with Gasteiger partial charge in [0.2, 0.25) is 0 Å². The van der Waals surface area contributed by atoms with Crippen molar-refractivity contribution in [2.45, 2.75) is 58.1 Å². The Labute approximate surface area is 140 Å².